The molecule has 3 aromatic rings. The van der Waals surface area contributed by atoms with Gasteiger partial charge in [-0.1, -0.05) is 6.07 Å². The monoisotopic (exact) mass is 441 g/mol. The lowest BCUT2D eigenvalue weighted by molar-refractivity contribution is -0.0221. The van der Waals surface area contributed by atoms with Crippen molar-refractivity contribution in [1.29, 1.82) is 0 Å². The van der Waals surface area contributed by atoms with Gasteiger partial charge in [-0.05, 0) is 24.6 Å². The second kappa shape index (κ2) is 8.18. The normalized spacial score (nSPS) is 18.9. The molecule has 5 rings (SSSR count). The molecule has 1 unspecified atom stereocenters. The molecule has 0 aliphatic carbocycles. The van der Waals surface area contributed by atoms with Crippen molar-refractivity contribution < 1.29 is 13.9 Å². The first-order chi connectivity index (χ1) is 15.4. The van der Waals surface area contributed by atoms with Crippen LogP contribution in [0.5, 0.6) is 0 Å². The van der Waals surface area contributed by atoms with Crippen molar-refractivity contribution in [3.05, 3.63) is 41.3 Å². The lowest BCUT2D eigenvalue weighted by Gasteiger charge is -2.33. The molecule has 0 radical (unpaired) electrons. The largest absolute Gasteiger partial charge is 0.387 e. The molecule has 0 saturated carbocycles. The number of hydrogen-bond acceptors (Lipinski definition) is 8. The van der Waals surface area contributed by atoms with Crippen molar-refractivity contribution in [2.75, 3.05) is 29.9 Å². The Balaban J connectivity index is 1.50. The number of nitrogens with one attached hydrogen (secondary N) is 2. The third kappa shape index (κ3) is 4.20. The number of halogens is 2. The molecule has 0 spiro atoms. The van der Waals surface area contributed by atoms with Crippen LogP contribution in [0.3, 0.4) is 0 Å². The molecule has 0 bridgehead atoms. The van der Waals surface area contributed by atoms with Crippen LogP contribution in [0.25, 0.3) is 10.9 Å². The number of aliphatic hydroxyl groups excluding tert-OH is 1. The Morgan fingerprint density at radius 2 is 2.00 bits per heavy atom. The van der Waals surface area contributed by atoms with Gasteiger partial charge >= 0.3 is 0 Å². The van der Waals surface area contributed by atoms with E-state index in [0.29, 0.717) is 34.2 Å². The van der Waals surface area contributed by atoms with Gasteiger partial charge in [0, 0.05) is 62.7 Å². The molecule has 0 aromatic carbocycles. The molecule has 1 fully saturated rings. The molecular formula is C22H25F2N7O. The molecule has 2 aliphatic rings. The van der Waals surface area contributed by atoms with Gasteiger partial charge in [0.05, 0.1) is 11.8 Å². The number of aliphatic hydroxyl groups is 1. The van der Waals surface area contributed by atoms with Crippen molar-refractivity contribution in [3.63, 3.8) is 0 Å². The SMILES string of the molecule is CC(O)c1cc2cnc(Nc3ccc4c(n3)CCNC4)nc2c(N2CCC(F)(F)CC2)n1. The quantitative estimate of drug-likeness (QED) is 0.568. The summed E-state index contributed by atoms with van der Waals surface area (Å²) in [7, 11) is 0. The predicted octanol–water partition coefficient (Wildman–Crippen LogP) is 3.10. The first-order valence-corrected chi connectivity index (χ1v) is 10.8. The average Bonchev–Trinajstić information content (AvgIpc) is 2.78. The van der Waals surface area contributed by atoms with Gasteiger partial charge in [0.2, 0.25) is 5.95 Å². The number of fused-ring (bicyclic) bond motifs is 2. The third-order valence-corrected chi connectivity index (χ3v) is 5.95. The topological polar surface area (TPSA) is 99.1 Å². The van der Waals surface area contributed by atoms with Gasteiger partial charge in [0.1, 0.15) is 11.3 Å². The number of pyridine rings is 2. The number of rotatable bonds is 4. The summed E-state index contributed by atoms with van der Waals surface area (Å²) in [6, 6.07) is 5.66. The second-order valence-electron chi connectivity index (χ2n) is 8.38. The fourth-order valence-corrected chi connectivity index (χ4v) is 4.10. The maximum absolute atomic E-state index is 13.7. The molecule has 8 nitrogen and oxygen atoms in total. The Morgan fingerprint density at radius 1 is 1.19 bits per heavy atom. The Morgan fingerprint density at radius 3 is 2.78 bits per heavy atom. The fourth-order valence-electron chi connectivity index (χ4n) is 4.10. The van der Waals surface area contributed by atoms with E-state index in [2.05, 4.69) is 30.6 Å². The maximum Gasteiger partial charge on any atom is 0.251 e. The number of anilines is 3. The summed E-state index contributed by atoms with van der Waals surface area (Å²) in [5, 5.41) is 17.2. The van der Waals surface area contributed by atoms with Gasteiger partial charge in [-0.15, -0.1) is 0 Å². The van der Waals surface area contributed by atoms with Crippen molar-refractivity contribution in [2.45, 2.75) is 44.8 Å². The Kier molecular flexibility index (Phi) is 5.34. The predicted molar refractivity (Wildman–Crippen MR) is 117 cm³/mol. The van der Waals surface area contributed by atoms with E-state index in [1.807, 2.05) is 17.0 Å². The standard InChI is InChI=1S/C22H25F2N7O/c1-13(32)17-10-15-12-26-21(29-18-3-2-14-11-25-7-4-16(14)27-18)30-19(15)20(28-17)31-8-5-22(23,24)6-9-31/h2-3,10,12-13,25,32H,4-9,11H2,1H3,(H,26,27,29,30). The van der Waals surface area contributed by atoms with Gasteiger partial charge in [0.25, 0.3) is 5.92 Å². The number of aromatic nitrogens is 4. The van der Waals surface area contributed by atoms with Crippen LogP contribution in [0.1, 0.15) is 42.8 Å². The maximum atomic E-state index is 13.7. The minimum Gasteiger partial charge on any atom is -0.387 e. The summed E-state index contributed by atoms with van der Waals surface area (Å²) in [6.07, 6.45) is 1.25. The van der Waals surface area contributed by atoms with Crippen LogP contribution in [0.2, 0.25) is 0 Å². The van der Waals surface area contributed by atoms with Gasteiger partial charge in [-0.3, -0.25) is 0 Å². The van der Waals surface area contributed by atoms with Crippen LogP contribution >= 0.6 is 0 Å². The van der Waals surface area contributed by atoms with Crippen molar-refractivity contribution in [1.82, 2.24) is 25.3 Å². The number of alkyl halides is 2. The van der Waals surface area contributed by atoms with Crippen molar-refractivity contribution in [2.24, 2.45) is 0 Å². The third-order valence-electron chi connectivity index (χ3n) is 5.95. The molecule has 3 aromatic heterocycles. The van der Waals surface area contributed by atoms with E-state index in [9.17, 15) is 13.9 Å². The molecule has 1 saturated heterocycles. The highest BCUT2D eigenvalue weighted by Gasteiger charge is 2.35. The first-order valence-electron chi connectivity index (χ1n) is 10.8. The van der Waals surface area contributed by atoms with Crippen molar-refractivity contribution >= 4 is 28.5 Å². The van der Waals surface area contributed by atoms with E-state index in [-0.39, 0.29) is 25.9 Å². The highest BCUT2D eigenvalue weighted by Crippen LogP contribution is 2.33. The van der Waals surface area contributed by atoms with Gasteiger partial charge < -0.3 is 20.6 Å². The first kappa shape index (κ1) is 20.9. The summed E-state index contributed by atoms with van der Waals surface area (Å²) in [4.78, 5) is 20.1. The molecule has 32 heavy (non-hydrogen) atoms. The summed E-state index contributed by atoms with van der Waals surface area (Å²) < 4.78 is 27.4. The highest BCUT2D eigenvalue weighted by atomic mass is 19.3. The van der Waals surface area contributed by atoms with E-state index >= 15 is 0 Å². The van der Waals surface area contributed by atoms with Crippen LogP contribution < -0.4 is 15.5 Å². The molecule has 2 aliphatic heterocycles. The molecular weight excluding hydrogens is 416 g/mol. The highest BCUT2D eigenvalue weighted by molar-refractivity contribution is 5.89. The number of nitrogens with zero attached hydrogens (tertiary/aromatic N) is 5. The molecule has 10 heteroatoms. The van der Waals surface area contributed by atoms with Gasteiger partial charge in [-0.25, -0.2) is 28.7 Å². The van der Waals surface area contributed by atoms with Crippen LogP contribution in [0.4, 0.5) is 26.4 Å². The lowest BCUT2D eigenvalue weighted by atomic mass is 10.1. The van der Waals surface area contributed by atoms with Crippen molar-refractivity contribution in [3.8, 4) is 0 Å². The summed E-state index contributed by atoms with van der Waals surface area (Å²) >= 11 is 0. The number of piperidine rings is 1. The van der Waals surface area contributed by atoms with Crippen LogP contribution in [0, 0.1) is 0 Å². The zero-order chi connectivity index (χ0) is 22.3. The molecule has 0 amide bonds. The zero-order valence-corrected chi connectivity index (χ0v) is 17.8. The van der Waals surface area contributed by atoms with E-state index in [4.69, 9.17) is 0 Å². The lowest BCUT2D eigenvalue weighted by Crippen LogP contribution is -2.40. The minimum atomic E-state index is -2.66. The summed E-state index contributed by atoms with van der Waals surface area (Å²) in [5.41, 5.74) is 3.24. The molecule has 1 atom stereocenters. The molecule has 5 heterocycles. The van der Waals surface area contributed by atoms with Crippen LogP contribution in [0.15, 0.2) is 24.4 Å². The fraction of sp³-hybridized carbons (Fsp3) is 0.455. The van der Waals surface area contributed by atoms with Crippen LogP contribution in [-0.2, 0) is 13.0 Å². The number of hydrogen-bond donors (Lipinski definition) is 3. The van der Waals surface area contributed by atoms with E-state index in [1.54, 1.807) is 19.2 Å². The van der Waals surface area contributed by atoms with Gasteiger partial charge in [0.15, 0.2) is 5.82 Å². The van der Waals surface area contributed by atoms with Gasteiger partial charge in [-0.2, -0.15) is 0 Å². The van der Waals surface area contributed by atoms with Crippen LogP contribution in [-0.4, -0.2) is 50.6 Å². The second-order valence-corrected chi connectivity index (χ2v) is 8.38. The van der Waals surface area contributed by atoms with E-state index in [1.165, 1.54) is 5.56 Å². The Bertz CT molecular complexity index is 1140. The average molecular weight is 441 g/mol. The Labute approximate surface area is 184 Å². The minimum absolute atomic E-state index is 0.172. The summed E-state index contributed by atoms with van der Waals surface area (Å²) in [5.74, 6) is -1.17. The molecule has 3 N–H and O–H groups in total. The zero-order valence-electron chi connectivity index (χ0n) is 17.8. The summed E-state index contributed by atoms with van der Waals surface area (Å²) in [6.45, 7) is 3.67. The van der Waals surface area contributed by atoms with E-state index in [0.717, 1.165) is 25.2 Å². The molecule has 168 valence electrons. The Hall–Kier alpha value is -2.98. The van der Waals surface area contributed by atoms with E-state index < -0.39 is 12.0 Å². The smallest absolute Gasteiger partial charge is 0.251 e.